The number of hydrogen-bond acceptors (Lipinski definition) is 3. The first kappa shape index (κ1) is 17.9. The number of guanidine groups is 1. The molecule has 0 radical (unpaired) electrons. The van der Waals surface area contributed by atoms with E-state index in [0.717, 1.165) is 11.3 Å². The maximum absolute atomic E-state index is 12.5. The Morgan fingerprint density at radius 3 is 2.73 bits per heavy atom. The highest BCUT2D eigenvalue weighted by Crippen LogP contribution is 2.31. The van der Waals surface area contributed by atoms with E-state index in [1.54, 1.807) is 6.07 Å². The topological polar surface area (TPSA) is 68.9 Å². The summed E-state index contributed by atoms with van der Waals surface area (Å²) in [5.74, 6) is 0.648. The Balaban J connectivity index is 1.69. The number of fused-ring (bicyclic) bond motifs is 1. The molecule has 0 aliphatic carbocycles. The highest BCUT2D eigenvalue weighted by Gasteiger charge is 2.32. The second-order valence-corrected chi connectivity index (χ2v) is 5.73. The van der Waals surface area contributed by atoms with Crippen LogP contribution in [0, 0.1) is 0 Å². The molecule has 3 N–H and O–H groups in total. The number of aliphatic imine (C=N–C) groups is 1. The predicted octanol–water partition coefficient (Wildman–Crippen LogP) is 3.51. The number of para-hydroxylation sites is 2. The lowest BCUT2D eigenvalue weighted by Gasteiger charge is -2.27. The summed E-state index contributed by atoms with van der Waals surface area (Å²) < 4.78 is 47.0. The minimum Gasteiger partial charge on any atom is -0.493 e. The molecule has 0 fully saturated rings. The number of hydrogen-bond donors (Lipinski definition) is 2. The van der Waals surface area contributed by atoms with Gasteiger partial charge in [0.1, 0.15) is 11.5 Å². The SMILES string of the molecule is NC(=NCc1ccccc1OC(F)(F)F)NC1CCOc2ccccc21. The molecule has 0 aromatic heterocycles. The Morgan fingerprint density at radius 2 is 1.92 bits per heavy atom. The fourth-order valence-electron chi connectivity index (χ4n) is 2.75. The first-order chi connectivity index (χ1) is 12.4. The van der Waals surface area contributed by atoms with Crippen LogP contribution in [0.2, 0.25) is 0 Å². The average molecular weight is 365 g/mol. The largest absolute Gasteiger partial charge is 0.573 e. The molecule has 0 saturated heterocycles. The molecule has 1 heterocycles. The third-order valence-corrected chi connectivity index (χ3v) is 3.90. The van der Waals surface area contributed by atoms with Crippen LogP contribution in [0.4, 0.5) is 13.2 Å². The minimum atomic E-state index is -4.75. The zero-order chi connectivity index (χ0) is 18.6. The molecule has 1 unspecified atom stereocenters. The van der Waals surface area contributed by atoms with Crippen LogP contribution < -0.4 is 20.5 Å². The second-order valence-electron chi connectivity index (χ2n) is 5.73. The van der Waals surface area contributed by atoms with Gasteiger partial charge in [-0.25, -0.2) is 4.99 Å². The summed E-state index contributed by atoms with van der Waals surface area (Å²) in [4.78, 5) is 4.15. The van der Waals surface area contributed by atoms with Crippen LogP contribution in [0.5, 0.6) is 11.5 Å². The lowest BCUT2D eigenvalue weighted by Crippen LogP contribution is -2.37. The van der Waals surface area contributed by atoms with E-state index in [4.69, 9.17) is 10.5 Å². The molecule has 1 aliphatic rings. The summed E-state index contributed by atoms with van der Waals surface area (Å²) in [5.41, 5.74) is 7.19. The second kappa shape index (κ2) is 7.55. The lowest BCUT2D eigenvalue weighted by molar-refractivity contribution is -0.274. The van der Waals surface area contributed by atoms with Gasteiger partial charge in [-0.05, 0) is 12.1 Å². The first-order valence-electron chi connectivity index (χ1n) is 8.04. The van der Waals surface area contributed by atoms with Crippen LogP contribution in [0.3, 0.4) is 0 Å². The molecular formula is C18H18F3N3O2. The molecule has 1 atom stereocenters. The molecule has 0 spiro atoms. The van der Waals surface area contributed by atoms with Gasteiger partial charge in [0.25, 0.3) is 0 Å². The third-order valence-electron chi connectivity index (χ3n) is 3.90. The van der Waals surface area contributed by atoms with Gasteiger partial charge in [-0.15, -0.1) is 13.2 Å². The Labute approximate surface area is 148 Å². The molecule has 5 nitrogen and oxygen atoms in total. The number of nitrogens with two attached hydrogens (primary N) is 1. The van der Waals surface area contributed by atoms with E-state index in [9.17, 15) is 13.2 Å². The number of nitrogens with one attached hydrogen (secondary N) is 1. The van der Waals surface area contributed by atoms with Crippen molar-refractivity contribution in [1.82, 2.24) is 5.32 Å². The monoisotopic (exact) mass is 365 g/mol. The number of ether oxygens (including phenoxy) is 2. The fraction of sp³-hybridized carbons (Fsp3) is 0.278. The van der Waals surface area contributed by atoms with E-state index in [1.165, 1.54) is 18.2 Å². The van der Waals surface area contributed by atoms with Crippen LogP contribution in [0.1, 0.15) is 23.6 Å². The van der Waals surface area contributed by atoms with E-state index in [2.05, 4.69) is 15.0 Å². The van der Waals surface area contributed by atoms with E-state index in [-0.39, 0.29) is 24.3 Å². The summed E-state index contributed by atoms with van der Waals surface area (Å²) in [6.45, 7) is 0.514. The molecule has 2 aromatic carbocycles. The zero-order valence-corrected chi connectivity index (χ0v) is 13.8. The molecule has 26 heavy (non-hydrogen) atoms. The molecule has 2 aromatic rings. The highest BCUT2D eigenvalue weighted by molar-refractivity contribution is 5.78. The summed E-state index contributed by atoms with van der Waals surface area (Å²) in [6.07, 6.45) is -4.05. The van der Waals surface area contributed by atoms with Gasteiger partial charge in [0.2, 0.25) is 0 Å². The van der Waals surface area contributed by atoms with Crippen molar-refractivity contribution in [1.29, 1.82) is 0 Å². The Kier molecular flexibility index (Phi) is 5.20. The van der Waals surface area contributed by atoms with Crippen LogP contribution in [-0.4, -0.2) is 18.9 Å². The smallest absolute Gasteiger partial charge is 0.493 e. The van der Waals surface area contributed by atoms with Gasteiger partial charge in [0.05, 0.1) is 19.2 Å². The Hall–Kier alpha value is -2.90. The molecule has 138 valence electrons. The van der Waals surface area contributed by atoms with E-state index in [0.29, 0.717) is 18.6 Å². The molecule has 0 amide bonds. The van der Waals surface area contributed by atoms with Crippen molar-refractivity contribution < 1.29 is 22.6 Å². The molecule has 0 bridgehead atoms. The molecule has 0 saturated carbocycles. The summed E-state index contributed by atoms with van der Waals surface area (Å²) in [7, 11) is 0. The van der Waals surface area contributed by atoms with E-state index in [1.807, 2.05) is 24.3 Å². The van der Waals surface area contributed by atoms with Gasteiger partial charge in [-0.3, -0.25) is 0 Å². The van der Waals surface area contributed by atoms with Gasteiger partial charge in [0.15, 0.2) is 5.96 Å². The lowest BCUT2D eigenvalue weighted by atomic mass is 10.0. The maximum atomic E-state index is 12.5. The molecule has 8 heteroatoms. The summed E-state index contributed by atoms with van der Waals surface area (Å²) in [5, 5.41) is 3.10. The predicted molar refractivity (Wildman–Crippen MR) is 90.9 cm³/mol. The average Bonchev–Trinajstić information content (AvgIpc) is 2.60. The molecule has 3 rings (SSSR count). The Morgan fingerprint density at radius 1 is 1.19 bits per heavy atom. The number of nitrogens with zero attached hydrogens (tertiary/aromatic N) is 1. The highest BCUT2D eigenvalue weighted by atomic mass is 19.4. The zero-order valence-electron chi connectivity index (χ0n) is 13.8. The summed E-state index contributed by atoms with van der Waals surface area (Å²) in [6, 6.07) is 13.4. The molecular weight excluding hydrogens is 347 g/mol. The number of alkyl halides is 3. The Bertz CT molecular complexity index is 793. The quantitative estimate of drug-likeness (QED) is 0.643. The van der Waals surface area contributed by atoms with Crippen molar-refractivity contribution in [3.63, 3.8) is 0 Å². The third kappa shape index (κ3) is 4.59. The van der Waals surface area contributed by atoms with Gasteiger partial charge < -0.3 is 20.5 Å². The van der Waals surface area contributed by atoms with Gasteiger partial charge in [-0.2, -0.15) is 0 Å². The number of rotatable bonds is 4. The van der Waals surface area contributed by atoms with Crippen molar-refractivity contribution in [3.8, 4) is 11.5 Å². The molecule has 1 aliphatic heterocycles. The number of benzene rings is 2. The van der Waals surface area contributed by atoms with Gasteiger partial charge in [0, 0.05) is 17.5 Å². The van der Waals surface area contributed by atoms with Gasteiger partial charge in [-0.1, -0.05) is 36.4 Å². The maximum Gasteiger partial charge on any atom is 0.573 e. The van der Waals surface area contributed by atoms with Crippen LogP contribution in [0.25, 0.3) is 0 Å². The normalized spacial score (nSPS) is 17.2. The fourth-order valence-corrected chi connectivity index (χ4v) is 2.75. The van der Waals surface area contributed by atoms with Crippen molar-refractivity contribution in [2.24, 2.45) is 10.7 Å². The number of halogens is 3. The van der Waals surface area contributed by atoms with Crippen molar-refractivity contribution in [2.45, 2.75) is 25.4 Å². The van der Waals surface area contributed by atoms with Gasteiger partial charge >= 0.3 is 6.36 Å². The minimum absolute atomic E-state index is 0.0318. The van der Waals surface area contributed by atoms with E-state index >= 15 is 0 Å². The van der Waals surface area contributed by atoms with Crippen molar-refractivity contribution in [2.75, 3.05) is 6.61 Å². The summed E-state index contributed by atoms with van der Waals surface area (Å²) >= 11 is 0. The van der Waals surface area contributed by atoms with Crippen LogP contribution in [0.15, 0.2) is 53.5 Å². The van der Waals surface area contributed by atoms with E-state index < -0.39 is 6.36 Å². The van der Waals surface area contributed by atoms with Crippen molar-refractivity contribution in [3.05, 3.63) is 59.7 Å². The van der Waals surface area contributed by atoms with Crippen LogP contribution in [-0.2, 0) is 6.54 Å². The first-order valence-corrected chi connectivity index (χ1v) is 8.04. The standard InChI is InChI=1S/C18H18F3N3O2/c19-18(20,21)26-15-7-3-1-5-12(15)11-23-17(22)24-14-9-10-25-16-8-4-2-6-13(14)16/h1-8,14H,9-11H2,(H3,22,23,24). The van der Waals surface area contributed by atoms with Crippen LogP contribution >= 0.6 is 0 Å². The van der Waals surface area contributed by atoms with Crippen molar-refractivity contribution >= 4 is 5.96 Å².